The van der Waals surface area contributed by atoms with Crippen LogP contribution in [-0.4, -0.2) is 31.3 Å². The highest BCUT2D eigenvalue weighted by Crippen LogP contribution is 1.99. The molecule has 0 aromatic carbocycles. The standard InChI is InChI=1S/C10H20N3O2/c11-6-2-1-4-9(8-14)13-10(15)5-3-7-12/h9H,1-7,11-12H2,(H,13,15)/t9-/m1/s1. The van der Waals surface area contributed by atoms with Crippen LogP contribution in [0.3, 0.4) is 0 Å². The summed E-state index contributed by atoms with van der Waals surface area (Å²) in [5.74, 6) is -0.137. The largest absolute Gasteiger partial charge is 0.346 e. The predicted molar refractivity (Wildman–Crippen MR) is 58.8 cm³/mol. The highest BCUT2D eigenvalue weighted by atomic mass is 16.2. The molecule has 0 bridgehead atoms. The van der Waals surface area contributed by atoms with Gasteiger partial charge in [-0.2, -0.15) is 0 Å². The first kappa shape index (κ1) is 14.1. The molecule has 1 radical (unpaired) electrons. The van der Waals surface area contributed by atoms with Crippen molar-refractivity contribution in [2.75, 3.05) is 13.1 Å². The van der Waals surface area contributed by atoms with Gasteiger partial charge in [0.05, 0.1) is 6.04 Å². The first-order valence-electron chi connectivity index (χ1n) is 5.31. The minimum Gasteiger partial charge on any atom is -0.346 e. The summed E-state index contributed by atoms with van der Waals surface area (Å²) < 4.78 is 0. The Bertz CT molecular complexity index is 186. The van der Waals surface area contributed by atoms with E-state index in [1.165, 1.54) is 0 Å². The molecule has 0 spiro atoms. The van der Waals surface area contributed by atoms with Gasteiger partial charge >= 0.3 is 0 Å². The fourth-order valence-electron chi connectivity index (χ4n) is 1.18. The summed E-state index contributed by atoms with van der Waals surface area (Å²) in [6.07, 6.45) is 5.11. The number of amides is 1. The lowest BCUT2D eigenvalue weighted by Gasteiger charge is -2.11. The summed E-state index contributed by atoms with van der Waals surface area (Å²) in [6.45, 7) is 1.09. The zero-order chi connectivity index (χ0) is 11.5. The van der Waals surface area contributed by atoms with Gasteiger partial charge in [-0.25, -0.2) is 0 Å². The van der Waals surface area contributed by atoms with Gasteiger partial charge in [0.15, 0.2) is 0 Å². The van der Waals surface area contributed by atoms with Crippen LogP contribution in [0.5, 0.6) is 0 Å². The Kier molecular flexibility index (Phi) is 9.01. The Morgan fingerprint density at radius 2 is 1.87 bits per heavy atom. The van der Waals surface area contributed by atoms with E-state index in [2.05, 4.69) is 5.32 Å². The summed E-state index contributed by atoms with van der Waals surface area (Å²) in [6, 6.07) is -0.498. The van der Waals surface area contributed by atoms with E-state index in [9.17, 15) is 9.59 Å². The third-order valence-electron chi connectivity index (χ3n) is 2.03. The van der Waals surface area contributed by atoms with Gasteiger partial charge in [0.1, 0.15) is 0 Å². The molecule has 0 saturated heterocycles. The molecular formula is C10H20N3O2. The molecule has 15 heavy (non-hydrogen) atoms. The second-order valence-corrected chi connectivity index (χ2v) is 3.41. The molecule has 1 atom stereocenters. The Balaban J connectivity index is 3.67. The van der Waals surface area contributed by atoms with E-state index >= 15 is 0 Å². The SMILES string of the molecule is NCCCC[C@H]([C]=O)NC(=O)CCCN. The zero-order valence-electron chi connectivity index (χ0n) is 9.00. The molecule has 0 aliphatic carbocycles. The lowest BCUT2D eigenvalue weighted by atomic mass is 10.1. The molecule has 0 aromatic heterocycles. The number of nitrogens with two attached hydrogens (primary N) is 2. The number of carbonyl (C=O) groups is 1. The number of rotatable bonds is 9. The molecule has 5 heteroatoms. The van der Waals surface area contributed by atoms with Crippen LogP contribution in [-0.2, 0) is 9.59 Å². The van der Waals surface area contributed by atoms with Crippen LogP contribution in [0.1, 0.15) is 32.1 Å². The molecule has 0 rings (SSSR count). The first-order valence-corrected chi connectivity index (χ1v) is 5.31. The monoisotopic (exact) mass is 214 g/mol. The molecule has 5 N–H and O–H groups in total. The van der Waals surface area contributed by atoms with Gasteiger partial charge in [-0.05, 0) is 38.8 Å². The van der Waals surface area contributed by atoms with Gasteiger partial charge in [0, 0.05) is 6.42 Å². The highest BCUT2D eigenvalue weighted by molar-refractivity contribution is 5.79. The molecule has 1 amide bonds. The smallest absolute Gasteiger partial charge is 0.222 e. The third-order valence-corrected chi connectivity index (χ3v) is 2.03. The van der Waals surface area contributed by atoms with Crippen LogP contribution in [0.25, 0.3) is 0 Å². The highest BCUT2D eigenvalue weighted by Gasteiger charge is 2.10. The van der Waals surface area contributed by atoms with Crippen molar-refractivity contribution in [3.63, 3.8) is 0 Å². The molecule has 87 valence electrons. The summed E-state index contributed by atoms with van der Waals surface area (Å²) in [7, 11) is 0. The van der Waals surface area contributed by atoms with Crippen LogP contribution in [0.15, 0.2) is 0 Å². The zero-order valence-corrected chi connectivity index (χ0v) is 9.00. The molecule has 5 nitrogen and oxygen atoms in total. The van der Waals surface area contributed by atoms with Crippen LogP contribution < -0.4 is 16.8 Å². The van der Waals surface area contributed by atoms with E-state index < -0.39 is 6.04 Å². The van der Waals surface area contributed by atoms with Gasteiger partial charge in [-0.3, -0.25) is 9.59 Å². The van der Waals surface area contributed by atoms with E-state index in [1.54, 1.807) is 0 Å². The average molecular weight is 214 g/mol. The second-order valence-electron chi connectivity index (χ2n) is 3.41. The molecule has 0 aliphatic heterocycles. The van der Waals surface area contributed by atoms with Crippen LogP contribution in [0.4, 0.5) is 0 Å². The average Bonchev–Trinajstić information content (AvgIpc) is 2.25. The first-order chi connectivity index (χ1) is 7.24. The maximum absolute atomic E-state index is 11.2. The summed E-state index contributed by atoms with van der Waals surface area (Å²) >= 11 is 0. The Labute approximate surface area is 90.6 Å². The minimum atomic E-state index is -0.498. The Hall–Kier alpha value is -0.940. The van der Waals surface area contributed by atoms with Gasteiger partial charge < -0.3 is 16.8 Å². The van der Waals surface area contributed by atoms with Gasteiger partial charge in [-0.1, -0.05) is 0 Å². The molecule has 0 aromatic rings. The topological polar surface area (TPSA) is 98.2 Å². The maximum Gasteiger partial charge on any atom is 0.222 e. The van der Waals surface area contributed by atoms with Crippen molar-refractivity contribution in [1.29, 1.82) is 0 Å². The fraction of sp³-hybridized carbons (Fsp3) is 0.800. The van der Waals surface area contributed by atoms with E-state index in [-0.39, 0.29) is 5.91 Å². The number of hydrogen-bond acceptors (Lipinski definition) is 4. The Morgan fingerprint density at radius 3 is 2.40 bits per heavy atom. The van der Waals surface area contributed by atoms with E-state index in [1.807, 2.05) is 6.29 Å². The summed E-state index contributed by atoms with van der Waals surface area (Å²) in [5.41, 5.74) is 10.6. The van der Waals surface area contributed by atoms with Gasteiger partial charge in [-0.15, -0.1) is 0 Å². The molecule has 0 saturated carbocycles. The van der Waals surface area contributed by atoms with Crippen molar-refractivity contribution in [3.05, 3.63) is 0 Å². The van der Waals surface area contributed by atoms with Crippen molar-refractivity contribution in [2.45, 2.75) is 38.1 Å². The van der Waals surface area contributed by atoms with Crippen molar-refractivity contribution < 1.29 is 9.59 Å². The number of carbonyl (C=O) groups excluding carboxylic acids is 2. The summed E-state index contributed by atoms with van der Waals surface area (Å²) in [5, 5.41) is 2.60. The van der Waals surface area contributed by atoms with Gasteiger partial charge in [0.25, 0.3) is 0 Å². The van der Waals surface area contributed by atoms with Crippen LogP contribution >= 0.6 is 0 Å². The van der Waals surface area contributed by atoms with Crippen molar-refractivity contribution in [3.8, 4) is 0 Å². The lowest BCUT2D eigenvalue weighted by molar-refractivity contribution is -0.121. The van der Waals surface area contributed by atoms with Crippen molar-refractivity contribution in [2.24, 2.45) is 11.5 Å². The number of unbranched alkanes of at least 4 members (excludes halogenated alkanes) is 1. The number of nitrogens with one attached hydrogen (secondary N) is 1. The van der Waals surface area contributed by atoms with Gasteiger partial charge in [0.2, 0.25) is 12.2 Å². The maximum atomic E-state index is 11.2. The van der Waals surface area contributed by atoms with Crippen LogP contribution in [0, 0.1) is 0 Å². The van der Waals surface area contributed by atoms with E-state index in [0.29, 0.717) is 32.4 Å². The normalized spacial score (nSPS) is 12.1. The lowest BCUT2D eigenvalue weighted by Crippen LogP contribution is -2.36. The molecule has 0 heterocycles. The number of hydrogen-bond donors (Lipinski definition) is 3. The Morgan fingerprint density at radius 1 is 1.20 bits per heavy atom. The third kappa shape index (κ3) is 8.08. The second kappa shape index (κ2) is 9.61. The molecule has 0 fully saturated rings. The minimum absolute atomic E-state index is 0.137. The van der Waals surface area contributed by atoms with Crippen LogP contribution in [0.2, 0.25) is 0 Å². The van der Waals surface area contributed by atoms with E-state index in [0.717, 1.165) is 12.8 Å². The molecular weight excluding hydrogens is 194 g/mol. The molecule has 0 aliphatic rings. The predicted octanol–water partition coefficient (Wildman–Crippen LogP) is -0.551. The summed E-state index contributed by atoms with van der Waals surface area (Å²) in [4.78, 5) is 21.7. The fourth-order valence-corrected chi connectivity index (χ4v) is 1.18. The quantitative estimate of drug-likeness (QED) is 0.448. The van der Waals surface area contributed by atoms with Crippen molar-refractivity contribution >= 4 is 12.2 Å². The van der Waals surface area contributed by atoms with E-state index in [4.69, 9.17) is 11.5 Å². The molecule has 0 unspecified atom stereocenters. The van der Waals surface area contributed by atoms with Crippen molar-refractivity contribution in [1.82, 2.24) is 5.32 Å².